The summed E-state index contributed by atoms with van der Waals surface area (Å²) in [5, 5.41) is 3.07. The van der Waals surface area contributed by atoms with Crippen molar-refractivity contribution in [2.75, 3.05) is 56.5 Å². The van der Waals surface area contributed by atoms with Gasteiger partial charge in [0.2, 0.25) is 5.91 Å². The molecule has 7 heteroatoms. The van der Waals surface area contributed by atoms with Crippen molar-refractivity contribution in [1.29, 1.82) is 0 Å². The average molecular weight is 386 g/mol. The number of nitrogens with zero attached hydrogens (tertiary/aromatic N) is 4. The summed E-state index contributed by atoms with van der Waals surface area (Å²) in [6.45, 7) is 4.89. The number of hydrogen-bond acceptors (Lipinski definition) is 5. The van der Waals surface area contributed by atoms with Gasteiger partial charge >= 0.3 is 0 Å². The van der Waals surface area contributed by atoms with E-state index in [0.29, 0.717) is 23.8 Å². The average Bonchev–Trinajstić information content (AvgIpc) is 3.55. The lowest BCUT2D eigenvalue weighted by Gasteiger charge is -2.30. The molecule has 1 aromatic heterocycles. The van der Waals surface area contributed by atoms with E-state index in [1.807, 2.05) is 18.0 Å². The highest BCUT2D eigenvalue weighted by atomic mass is 16.2. The topological polar surface area (TPSA) is 68.8 Å². The monoisotopic (exact) mass is 385 g/mol. The van der Waals surface area contributed by atoms with E-state index < -0.39 is 0 Å². The molecule has 0 unspecified atom stereocenters. The molecule has 1 aromatic rings. The number of fused-ring (bicyclic) bond motifs is 1. The van der Waals surface area contributed by atoms with E-state index in [2.05, 4.69) is 15.2 Å². The van der Waals surface area contributed by atoms with E-state index in [9.17, 15) is 9.59 Å². The smallest absolute Gasteiger partial charge is 0.255 e. The molecule has 1 saturated heterocycles. The maximum absolute atomic E-state index is 12.9. The van der Waals surface area contributed by atoms with Gasteiger partial charge in [-0.3, -0.25) is 9.59 Å². The summed E-state index contributed by atoms with van der Waals surface area (Å²) in [6, 6.07) is 1.83. The van der Waals surface area contributed by atoms with Gasteiger partial charge in [0.25, 0.3) is 5.91 Å². The Bertz CT molecular complexity index is 726. The van der Waals surface area contributed by atoms with E-state index in [1.54, 1.807) is 11.1 Å². The van der Waals surface area contributed by atoms with Gasteiger partial charge in [-0.05, 0) is 50.8 Å². The molecule has 0 spiro atoms. The van der Waals surface area contributed by atoms with Gasteiger partial charge in [0.15, 0.2) is 0 Å². The van der Waals surface area contributed by atoms with Crippen molar-refractivity contribution in [3.8, 4) is 0 Å². The third-order valence-electron chi connectivity index (χ3n) is 6.05. The molecular formula is C21H31N5O2. The van der Waals surface area contributed by atoms with Crippen LogP contribution in [0.3, 0.4) is 0 Å². The fraction of sp³-hybridized carbons (Fsp3) is 0.667. The number of carbonyl (C=O) groups excluding carboxylic acids is 2. The molecule has 3 aliphatic rings. The standard InChI is InChI=1S/C21H31N5O2/c1-24(10-11-25-8-4-2-3-5-9-25)21(28)17-12-18-20(22-13-17)23-14-19(27)26(18)15-16-6-7-16/h12-13,16H,2-11,14-15H2,1H3,(H,22,23). The lowest BCUT2D eigenvalue weighted by molar-refractivity contribution is -0.117. The predicted octanol–water partition coefficient (Wildman–Crippen LogP) is 2.20. The first-order chi connectivity index (χ1) is 13.6. The van der Waals surface area contributed by atoms with Crippen LogP contribution in [0.4, 0.5) is 11.5 Å². The van der Waals surface area contributed by atoms with Crippen LogP contribution in [0.5, 0.6) is 0 Å². The Balaban J connectivity index is 1.42. The van der Waals surface area contributed by atoms with Crippen molar-refractivity contribution in [3.63, 3.8) is 0 Å². The van der Waals surface area contributed by atoms with Gasteiger partial charge in [-0.15, -0.1) is 0 Å². The third-order valence-corrected chi connectivity index (χ3v) is 6.05. The Hall–Kier alpha value is -2.15. The molecule has 0 aromatic carbocycles. The molecule has 3 heterocycles. The van der Waals surface area contributed by atoms with Crippen molar-refractivity contribution in [2.45, 2.75) is 38.5 Å². The van der Waals surface area contributed by atoms with Crippen LogP contribution in [0.15, 0.2) is 12.3 Å². The van der Waals surface area contributed by atoms with E-state index in [4.69, 9.17) is 0 Å². The summed E-state index contributed by atoms with van der Waals surface area (Å²) in [6.07, 6.45) is 9.12. The zero-order chi connectivity index (χ0) is 19.5. The van der Waals surface area contributed by atoms with Gasteiger partial charge in [-0.25, -0.2) is 4.98 Å². The number of aromatic nitrogens is 1. The van der Waals surface area contributed by atoms with Gasteiger partial charge in [0.1, 0.15) is 5.82 Å². The number of hydrogen-bond donors (Lipinski definition) is 1. The molecule has 2 fully saturated rings. The van der Waals surface area contributed by atoms with E-state index in [1.165, 1.54) is 38.5 Å². The molecule has 152 valence electrons. The third kappa shape index (κ3) is 4.46. The molecule has 0 atom stereocenters. The molecular weight excluding hydrogens is 354 g/mol. The van der Waals surface area contributed by atoms with Crippen molar-refractivity contribution < 1.29 is 9.59 Å². The van der Waals surface area contributed by atoms with Crippen molar-refractivity contribution in [2.24, 2.45) is 5.92 Å². The normalized spacial score (nSPS) is 20.3. The van der Waals surface area contributed by atoms with Crippen LogP contribution in [0.2, 0.25) is 0 Å². The summed E-state index contributed by atoms with van der Waals surface area (Å²) in [7, 11) is 1.85. The number of rotatable bonds is 6. The summed E-state index contributed by atoms with van der Waals surface area (Å²) in [5.41, 5.74) is 1.30. The molecule has 0 bridgehead atoms. The number of pyridine rings is 1. The SMILES string of the molecule is CN(CCN1CCCCCC1)C(=O)c1cnc2c(c1)N(CC1CC1)C(=O)CN2. The zero-order valence-corrected chi connectivity index (χ0v) is 16.8. The van der Waals surface area contributed by atoms with Gasteiger partial charge < -0.3 is 20.0 Å². The summed E-state index contributed by atoms with van der Waals surface area (Å²) in [5.74, 6) is 1.31. The minimum absolute atomic E-state index is 0.0329. The fourth-order valence-electron chi connectivity index (χ4n) is 4.03. The predicted molar refractivity (Wildman–Crippen MR) is 110 cm³/mol. The number of anilines is 2. The molecule has 2 aliphatic heterocycles. The van der Waals surface area contributed by atoms with Gasteiger partial charge in [-0.2, -0.15) is 0 Å². The highest BCUT2D eigenvalue weighted by Gasteiger charge is 2.32. The second-order valence-electron chi connectivity index (χ2n) is 8.38. The van der Waals surface area contributed by atoms with Crippen LogP contribution in [-0.4, -0.2) is 72.9 Å². The Morgan fingerprint density at radius 2 is 2.00 bits per heavy atom. The Kier molecular flexibility index (Phi) is 5.80. The van der Waals surface area contributed by atoms with Crippen LogP contribution in [0.1, 0.15) is 48.9 Å². The summed E-state index contributed by atoms with van der Waals surface area (Å²) < 4.78 is 0. The van der Waals surface area contributed by atoms with Crippen molar-refractivity contribution in [1.82, 2.24) is 14.8 Å². The van der Waals surface area contributed by atoms with E-state index in [-0.39, 0.29) is 18.4 Å². The minimum atomic E-state index is -0.0329. The Morgan fingerprint density at radius 1 is 1.25 bits per heavy atom. The lowest BCUT2D eigenvalue weighted by Crippen LogP contribution is -2.42. The van der Waals surface area contributed by atoms with Gasteiger partial charge in [0, 0.05) is 32.9 Å². The van der Waals surface area contributed by atoms with E-state index in [0.717, 1.165) is 31.9 Å². The molecule has 1 aliphatic carbocycles. The van der Waals surface area contributed by atoms with Crippen LogP contribution < -0.4 is 10.2 Å². The summed E-state index contributed by atoms with van der Waals surface area (Å²) >= 11 is 0. The molecule has 7 nitrogen and oxygen atoms in total. The second-order valence-corrected chi connectivity index (χ2v) is 8.38. The van der Waals surface area contributed by atoms with E-state index >= 15 is 0 Å². The van der Waals surface area contributed by atoms with Crippen LogP contribution >= 0.6 is 0 Å². The molecule has 1 saturated carbocycles. The number of likely N-dealkylation sites (N-methyl/N-ethyl adjacent to an activating group) is 1. The van der Waals surface area contributed by atoms with Crippen LogP contribution in [0, 0.1) is 5.92 Å². The largest absolute Gasteiger partial charge is 0.359 e. The van der Waals surface area contributed by atoms with Crippen LogP contribution in [0.25, 0.3) is 0 Å². The van der Waals surface area contributed by atoms with Crippen molar-refractivity contribution >= 4 is 23.3 Å². The molecule has 0 radical (unpaired) electrons. The lowest BCUT2D eigenvalue weighted by atomic mass is 10.1. The first-order valence-corrected chi connectivity index (χ1v) is 10.6. The highest BCUT2D eigenvalue weighted by Crippen LogP contribution is 2.35. The number of carbonyl (C=O) groups is 2. The minimum Gasteiger partial charge on any atom is -0.359 e. The molecule has 28 heavy (non-hydrogen) atoms. The maximum Gasteiger partial charge on any atom is 0.255 e. The van der Waals surface area contributed by atoms with Gasteiger partial charge in [-0.1, -0.05) is 12.8 Å². The number of likely N-dealkylation sites (tertiary alicyclic amines) is 1. The number of amides is 2. The second kappa shape index (κ2) is 8.47. The van der Waals surface area contributed by atoms with Crippen LogP contribution in [-0.2, 0) is 4.79 Å². The molecule has 1 N–H and O–H groups in total. The maximum atomic E-state index is 12.9. The van der Waals surface area contributed by atoms with Crippen molar-refractivity contribution in [3.05, 3.63) is 17.8 Å². The Labute approximate surface area is 167 Å². The summed E-state index contributed by atoms with van der Waals surface area (Å²) in [4.78, 5) is 35.8. The molecule has 2 amide bonds. The first kappa shape index (κ1) is 19.2. The Morgan fingerprint density at radius 3 is 2.71 bits per heavy atom. The number of nitrogens with one attached hydrogen (secondary N) is 1. The highest BCUT2D eigenvalue weighted by molar-refractivity contribution is 6.04. The fourth-order valence-corrected chi connectivity index (χ4v) is 4.03. The zero-order valence-electron chi connectivity index (χ0n) is 16.8. The van der Waals surface area contributed by atoms with Gasteiger partial charge in [0.05, 0.1) is 17.8 Å². The quantitative estimate of drug-likeness (QED) is 0.813. The first-order valence-electron chi connectivity index (χ1n) is 10.6. The molecule has 4 rings (SSSR count).